The van der Waals surface area contributed by atoms with E-state index < -0.39 is 27.2 Å². The van der Waals surface area contributed by atoms with Crippen molar-refractivity contribution in [3.63, 3.8) is 0 Å². The molecule has 4 bridgehead atoms. The van der Waals surface area contributed by atoms with Crippen LogP contribution in [0.15, 0.2) is 0 Å². The van der Waals surface area contributed by atoms with Crippen molar-refractivity contribution in [2.75, 3.05) is 0 Å². The second kappa shape index (κ2) is 4.90. The SMILES string of the molecule is O=S(=O)(O)C(F)(F)CC12CC3CC(CC(C3)C1)C2.[H-].[Na+]. The Labute approximate surface area is 136 Å². The molecule has 4 fully saturated rings. The summed E-state index contributed by atoms with van der Waals surface area (Å²) in [4.78, 5) is 0. The molecule has 0 unspecified atom stereocenters. The van der Waals surface area contributed by atoms with Crippen LogP contribution in [0.4, 0.5) is 8.78 Å². The molecule has 7 heteroatoms. The van der Waals surface area contributed by atoms with E-state index in [0.717, 1.165) is 19.3 Å². The molecule has 1 N–H and O–H groups in total. The van der Waals surface area contributed by atoms with Gasteiger partial charge in [0.25, 0.3) is 0 Å². The smallest absolute Gasteiger partial charge is 1.00 e. The summed E-state index contributed by atoms with van der Waals surface area (Å²) in [7, 11) is -5.28. The second-order valence-corrected chi connectivity index (χ2v) is 8.25. The van der Waals surface area contributed by atoms with Crippen molar-refractivity contribution >= 4 is 10.1 Å². The summed E-state index contributed by atoms with van der Waals surface area (Å²) in [6.45, 7) is 0. The molecule has 0 atom stereocenters. The van der Waals surface area contributed by atoms with Crippen molar-refractivity contribution in [3.05, 3.63) is 0 Å². The van der Waals surface area contributed by atoms with Crippen molar-refractivity contribution < 1.29 is 52.7 Å². The first-order chi connectivity index (χ1) is 8.19. The van der Waals surface area contributed by atoms with Gasteiger partial charge in [-0.15, -0.1) is 0 Å². The number of hydrogen-bond acceptors (Lipinski definition) is 2. The van der Waals surface area contributed by atoms with Crippen molar-refractivity contribution in [2.24, 2.45) is 23.2 Å². The van der Waals surface area contributed by atoms with E-state index >= 15 is 0 Å². The minimum atomic E-state index is -5.28. The van der Waals surface area contributed by atoms with Gasteiger partial charge < -0.3 is 1.43 Å². The standard InChI is InChI=1S/C12H18F2O3S.Na.H/c13-12(14,18(15,16)17)7-11-4-8-1-9(5-11)3-10(2-8)6-11;;/h8-10H,1-7H2,(H,15,16,17);;/q;+1;-1. The van der Waals surface area contributed by atoms with Crippen LogP contribution in [0, 0.1) is 23.2 Å². The Morgan fingerprint density at radius 2 is 1.47 bits per heavy atom. The van der Waals surface area contributed by atoms with E-state index in [1.54, 1.807) is 0 Å². The first-order valence-corrected chi connectivity index (χ1v) is 7.98. The van der Waals surface area contributed by atoms with Gasteiger partial charge in [-0.2, -0.15) is 17.2 Å². The van der Waals surface area contributed by atoms with Gasteiger partial charge in [0, 0.05) is 6.42 Å². The Bertz CT molecular complexity index is 434. The number of alkyl halides is 2. The molecule has 0 saturated heterocycles. The first kappa shape index (κ1) is 16.1. The normalized spacial score (nSPS) is 41.1. The quantitative estimate of drug-likeness (QED) is 0.598. The summed E-state index contributed by atoms with van der Waals surface area (Å²) < 4.78 is 57.4. The van der Waals surface area contributed by atoms with Crippen LogP contribution in [0.25, 0.3) is 0 Å². The fraction of sp³-hybridized carbons (Fsp3) is 1.00. The van der Waals surface area contributed by atoms with E-state index in [1.165, 1.54) is 0 Å². The third kappa shape index (κ3) is 2.89. The van der Waals surface area contributed by atoms with Crippen molar-refractivity contribution in [3.8, 4) is 0 Å². The van der Waals surface area contributed by atoms with Crippen molar-refractivity contribution in [1.29, 1.82) is 0 Å². The van der Waals surface area contributed by atoms with Crippen LogP contribution in [0.5, 0.6) is 0 Å². The van der Waals surface area contributed by atoms with Crippen LogP contribution >= 0.6 is 0 Å². The van der Waals surface area contributed by atoms with Gasteiger partial charge >= 0.3 is 44.9 Å². The predicted octanol–water partition coefficient (Wildman–Crippen LogP) is 0.190. The zero-order chi connectivity index (χ0) is 13.2. The molecule has 106 valence electrons. The average molecular weight is 304 g/mol. The minimum absolute atomic E-state index is 0. The summed E-state index contributed by atoms with van der Waals surface area (Å²) in [5, 5.41) is -3.99. The van der Waals surface area contributed by atoms with Crippen molar-refractivity contribution in [1.82, 2.24) is 0 Å². The summed E-state index contributed by atoms with van der Waals surface area (Å²) in [5.41, 5.74) is -0.548. The minimum Gasteiger partial charge on any atom is -1.00 e. The Balaban J connectivity index is 0.000001000. The van der Waals surface area contributed by atoms with Crippen molar-refractivity contribution in [2.45, 2.75) is 50.2 Å². The maximum Gasteiger partial charge on any atom is 1.00 e. The summed E-state index contributed by atoms with van der Waals surface area (Å²) >= 11 is 0. The van der Waals surface area contributed by atoms with Crippen LogP contribution in [-0.2, 0) is 10.1 Å². The summed E-state index contributed by atoms with van der Waals surface area (Å²) in [5.74, 6) is 1.48. The summed E-state index contributed by atoms with van der Waals surface area (Å²) in [6, 6.07) is 0. The molecule has 3 nitrogen and oxygen atoms in total. The maximum atomic E-state index is 13.6. The van der Waals surface area contributed by atoms with E-state index in [0.29, 0.717) is 37.0 Å². The number of hydrogen-bond donors (Lipinski definition) is 1. The molecule has 0 heterocycles. The Morgan fingerprint density at radius 1 is 1.11 bits per heavy atom. The maximum absolute atomic E-state index is 13.6. The molecule has 4 aliphatic rings. The Kier molecular flexibility index (Phi) is 4.17. The molecule has 4 aliphatic carbocycles. The molecular weight excluding hydrogens is 285 g/mol. The van der Waals surface area contributed by atoms with Crippen LogP contribution in [0.2, 0.25) is 0 Å². The third-order valence-electron chi connectivity index (χ3n) is 5.12. The molecule has 19 heavy (non-hydrogen) atoms. The van der Waals surface area contributed by atoms with E-state index in [9.17, 15) is 17.2 Å². The average Bonchev–Trinajstić information content (AvgIpc) is 2.10. The largest absolute Gasteiger partial charge is 1.00 e. The van der Waals surface area contributed by atoms with E-state index in [1.807, 2.05) is 0 Å². The van der Waals surface area contributed by atoms with Gasteiger partial charge in [0.1, 0.15) is 0 Å². The Hall–Kier alpha value is 0.770. The van der Waals surface area contributed by atoms with Crippen LogP contribution < -0.4 is 29.6 Å². The van der Waals surface area contributed by atoms with Gasteiger partial charge in [-0.05, 0) is 61.7 Å². The van der Waals surface area contributed by atoms with Gasteiger partial charge in [0.15, 0.2) is 0 Å². The van der Waals surface area contributed by atoms with E-state index in [4.69, 9.17) is 4.55 Å². The second-order valence-electron chi connectivity index (χ2n) is 6.71. The summed E-state index contributed by atoms with van der Waals surface area (Å²) in [6.07, 6.45) is 4.81. The fourth-order valence-electron chi connectivity index (χ4n) is 5.03. The molecule has 4 saturated carbocycles. The van der Waals surface area contributed by atoms with Crippen LogP contribution in [0.1, 0.15) is 46.4 Å². The van der Waals surface area contributed by atoms with Crippen LogP contribution in [0.3, 0.4) is 0 Å². The molecule has 0 aromatic heterocycles. The fourth-order valence-corrected chi connectivity index (χ4v) is 5.52. The van der Waals surface area contributed by atoms with Gasteiger partial charge in [0.2, 0.25) is 0 Å². The van der Waals surface area contributed by atoms with Gasteiger partial charge in [-0.3, -0.25) is 4.55 Å². The molecule has 0 aromatic carbocycles. The molecule has 4 rings (SSSR count). The molecule has 0 aromatic rings. The van der Waals surface area contributed by atoms with Gasteiger partial charge in [0.05, 0.1) is 0 Å². The van der Waals surface area contributed by atoms with Gasteiger partial charge in [-0.25, -0.2) is 0 Å². The van der Waals surface area contributed by atoms with Gasteiger partial charge in [-0.1, -0.05) is 0 Å². The monoisotopic (exact) mass is 304 g/mol. The van der Waals surface area contributed by atoms with E-state index in [-0.39, 0.29) is 31.0 Å². The number of rotatable bonds is 3. The zero-order valence-electron chi connectivity index (χ0n) is 12.1. The number of halogens is 2. The zero-order valence-corrected chi connectivity index (χ0v) is 13.9. The molecule has 0 amide bonds. The Morgan fingerprint density at radius 3 is 1.79 bits per heavy atom. The van der Waals surface area contributed by atoms with E-state index in [2.05, 4.69) is 0 Å². The predicted molar refractivity (Wildman–Crippen MR) is 62.8 cm³/mol. The molecular formula is C12H19F2NaO3S. The molecule has 0 spiro atoms. The molecule has 0 aliphatic heterocycles. The third-order valence-corrected chi connectivity index (χ3v) is 6.02. The molecule has 0 radical (unpaired) electrons. The first-order valence-electron chi connectivity index (χ1n) is 6.54. The topological polar surface area (TPSA) is 54.4 Å². The van der Waals surface area contributed by atoms with Crippen LogP contribution in [-0.4, -0.2) is 18.2 Å².